The van der Waals surface area contributed by atoms with Gasteiger partial charge in [-0.3, -0.25) is 0 Å². The lowest BCUT2D eigenvalue weighted by Gasteiger charge is -2.00. The summed E-state index contributed by atoms with van der Waals surface area (Å²) < 4.78 is 9.90. The molecule has 6 nitrogen and oxygen atoms in total. The van der Waals surface area contributed by atoms with Crippen molar-refractivity contribution in [1.29, 1.82) is 0 Å². The summed E-state index contributed by atoms with van der Waals surface area (Å²) in [7, 11) is 1.48. The first-order valence-electron chi connectivity index (χ1n) is 4.84. The van der Waals surface area contributed by atoms with Gasteiger partial charge in [0, 0.05) is 7.05 Å². The van der Waals surface area contributed by atoms with E-state index in [1.807, 2.05) is 0 Å². The van der Waals surface area contributed by atoms with Crippen LogP contribution in [0.5, 0.6) is 0 Å². The summed E-state index contributed by atoms with van der Waals surface area (Å²) >= 11 is 0. The summed E-state index contributed by atoms with van der Waals surface area (Å²) in [5, 5.41) is 16.2. The second-order valence-electron chi connectivity index (χ2n) is 3.02. The Morgan fingerprint density at radius 3 is 2.93 bits per heavy atom. The van der Waals surface area contributed by atoms with Gasteiger partial charge in [0.15, 0.2) is 0 Å². The molecule has 6 heteroatoms. The smallest absolute Gasteiger partial charge is 0.368 e. The predicted molar refractivity (Wildman–Crippen MR) is 52.5 cm³/mol. The molecule has 15 heavy (non-hydrogen) atoms. The third kappa shape index (κ3) is 1.66. The van der Waals surface area contributed by atoms with Crippen LogP contribution in [0, 0.1) is 0 Å². The molecule has 78 valence electrons. The minimum atomic E-state index is -0.427. The van der Waals surface area contributed by atoms with Crippen LogP contribution < -0.4 is 5.69 Å². The number of benzene rings is 1. The Hall–Kier alpha value is -1.95. The molecule has 2 aromatic rings. The number of hydrogen-bond donors (Lipinski definition) is 1. The first-order valence-corrected chi connectivity index (χ1v) is 4.34. The molecular formula is C9H10N4O2. The molecule has 0 radical (unpaired) electrons. The maximum atomic E-state index is 11.6. The zero-order valence-electron chi connectivity index (χ0n) is 9.08. The van der Waals surface area contributed by atoms with Crippen molar-refractivity contribution in [2.45, 2.75) is 6.61 Å². The molecule has 0 aliphatic heterocycles. The van der Waals surface area contributed by atoms with E-state index < -0.39 is 5.69 Å². The number of rotatable bonds is 2. The zero-order chi connectivity index (χ0) is 11.7. The lowest BCUT2D eigenvalue weighted by Crippen LogP contribution is -2.21. The van der Waals surface area contributed by atoms with Crippen molar-refractivity contribution in [3.8, 4) is 5.69 Å². The van der Waals surface area contributed by atoms with Crippen molar-refractivity contribution in [2.24, 2.45) is 7.05 Å². The van der Waals surface area contributed by atoms with Gasteiger partial charge in [-0.2, -0.15) is 9.36 Å². The lowest BCUT2D eigenvalue weighted by molar-refractivity contribution is 0.282. The number of tetrazole rings is 1. The molecule has 1 aromatic carbocycles. The van der Waals surface area contributed by atoms with E-state index in [4.69, 9.17) is 6.48 Å². The first-order chi connectivity index (χ1) is 7.65. The van der Waals surface area contributed by atoms with Gasteiger partial charge in [-0.05, 0) is 28.1 Å². The number of aromatic nitrogens is 4. The summed E-state index contributed by atoms with van der Waals surface area (Å²) in [6.45, 7) is -0.248. The Balaban J connectivity index is 2.65. The summed E-state index contributed by atoms with van der Waals surface area (Å²) in [4.78, 5) is 11.6. The summed E-state index contributed by atoms with van der Waals surface area (Å²) in [5.41, 5.74) is 0.322. The number of nitrogens with zero attached hydrogens (tertiary/aromatic N) is 4. The van der Waals surface area contributed by atoms with Gasteiger partial charge >= 0.3 is 5.69 Å². The van der Waals surface area contributed by atoms with Crippen molar-refractivity contribution < 1.29 is 6.48 Å². The zero-order valence-corrected chi connectivity index (χ0v) is 8.08. The third-order valence-electron chi connectivity index (χ3n) is 1.96. The van der Waals surface area contributed by atoms with Gasteiger partial charge in [-0.1, -0.05) is 12.1 Å². The van der Waals surface area contributed by atoms with E-state index in [0.29, 0.717) is 11.3 Å². The minimum absolute atomic E-state index is 0.0765. The standard InChI is InChI=1S/C9H10N4O2/c1-12-9(15)13(11-10-12)8-4-2-3-7(5-8)6-14/h2-5,14H,6H2,1H3/i5T. The van der Waals surface area contributed by atoms with Crippen LogP contribution in [0.25, 0.3) is 5.69 Å². The Bertz CT molecular complexity index is 575. The van der Waals surface area contributed by atoms with Crippen LogP contribution in [0.1, 0.15) is 6.93 Å². The van der Waals surface area contributed by atoms with Gasteiger partial charge in [-0.15, -0.1) is 0 Å². The first kappa shape index (κ1) is 8.37. The quantitative estimate of drug-likeness (QED) is 0.719. The van der Waals surface area contributed by atoms with Crippen LogP contribution in [0.4, 0.5) is 0 Å². The molecular weight excluding hydrogens is 196 g/mol. The molecule has 2 rings (SSSR count). The molecule has 0 atom stereocenters. The van der Waals surface area contributed by atoms with Gasteiger partial charge in [0.25, 0.3) is 0 Å². The fraction of sp³-hybridized carbons (Fsp3) is 0.222. The SMILES string of the molecule is [3H]c1c(CO)cccc1-n1nnn(C)c1=O. The normalized spacial score (nSPS) is 11.5. The Kier molecular flexibility index (Phi) is 2.04. The highest BCUT2D eigenvalue weighted by Gasteiger charge is 2.05. The van der Waals surface area contributed by atoms with Gasteiger partial charge in [0.1, 0.15) is 0 Å². The topological polar surface area (TPSA) is 72.9 Å². The molecule has 1 heterocycles. The van der Waals surface area contributed by atoms with Crippen molar-refractivity contribution in [2.75, 3.05) is 0 Å². The van der Waals surface area contributed by atoms with Crippen LogP contribution in [-0.2, 0) is 13.7 Å². The third-order valence-corrected chi connectivity index (χ3v) is 1.96. The molecule has 0 fully saturated rings. The van der Waals surface area contributed by atoms with E-state index in [2.05, 4.69) is 10.4 Å². The van der Waals surface area contributed by atoms with Crippen LogP contribution in [0.2, 0.25) is 0 Å². The fourth-order valence-electron chi connectivity index (χ4n) is 1.18. The highest BCUT2D eigenvalue weighted by Crippen LogP contribution is 2.06. The average Bonchev–Trinajstić information content (AvgIpc) is 2.61. The Morgan fingerprint density at radius 1 is 1.53 bits per heavy atom. The number of aryl methyl sites for hydroxylation is 1. The van der Waals surface area contributed by atoms with E-state index in [-0.39, 0.29) is 12.6 Å². The van der Waals surface area contributed by atoms with Gasteiger partial charge in [-0.25, -0.2) is 4.79 Å². The Labute approximate surface area is 86.8 Å². The van der Waals surface area contributed by atoms with E-state index in [1.54, 1.807) is 18.2 Å². The highest BCUT2D eigenvalue weighted by atomic mass is 16.3. The molecule has 0 saturated heterocycles. The van der Waals surface area contributed by atoms with Crippen molar-refractivity contribution >= 4 is 0 Å². The highest BCUT2D eigenvalue weighted by molar-refractivity contribution is 5.34. The largest absolute Gasteiger partial charge is 0.392 e. The minimum Gasteiger partial charge on any atom is -0.392 e. The summed E-state index contributed by atoms with van der Waals surface area (Å²) in [6, 6.07) is 4.93. The molecule has 0 spiro atoms. The molecule has 0 aliphatic carbocycles. The van der Waals surface area contributed by atoms with E-state index in [0.717, 1.165) is 9.36 Å². The summed E-state index contributed by atoms with van der Waals surface area (Å²) in [5.74, 6) is 0. The van der Waals surface area contributed by atoms with Crippen molar-refractivity contribution in [1.82, 2.24) is 19.8 Å². The molecule has 0 bridgehead atoms. The number of hydrogen-bond acceptors (Lipinski definition) is 4. The predicted octanol–water partition coefficient (Wildman–Crippen LogP) is -0.542. The van der Waals surface area contributed by atoms with Crippen molar-refractivity contribution in [3.05, 3.63) is 40.3 Å². The summed E-state index contributed by atoms with van der Waals surface area (Å²) in [6.07, 6.45) is 0. The van der Waals surface area contributed by atoms with Crippen LogP contribution in [-0.4, -0.2) is 24.9 Å². The second-order valence-corrected chi connectivity index (χ2v) is 3.02. The van der Waals surface area contributed by atoms with Gasteiger partial charge in [0.05, 0.1) is 13.7 Å². The molecule has 0 amide bonds. The van der Waals surface area contributed by atoms with Gasteiger partial charge < -0.3 is 5.11 Å². The number of aliphatic hydroxyl groups is 1. The van der Waals surface area contributed by atoms with Crippen LogP contribution in [0.3, 0.4) is 0 Å². The molecule has 0 aliphatic rings. The van der Waals surface area contributed by atoms with Crippen molar-refractivity contribution in [3.63, 3.8) is 0 Å². The average molecular weight is 208 g/mol. The monoisotopic (exact) mass is 208 g/mol. The second kappa shape index (κ2) is 3.66. The maximum Gasteiger partial charge on any atom is 0.368 e. The maximum absolute atomic E-state index is 11.6. The number of aliphatic hydroxyl groups excluding tert-OH is 1. The Morgan fingerprint density at radius 2 is 2.33 bits per heavy atom. The van der Waals surface area contributed by atoms with E-state index in [1.165, 1.54) is 7.05 Å². The molecule has 0 saturated carbocycles. The van der Waals surface area contributed by atoms with Crippen LogP contribution in [0.15, 0.2) is 29.0 Å². The fourth-order valence-corrected chi connectivity index (χ4v) is 1.18. The molecule has 1 aromatic heterocycles. The molecule has 0 unspecified atom stereocenters. The lowest BCUT2D eigenvalue weighted by atomic mass is 10.2. The van der Waals surface area contributed by atoms with E-state index in [9.17, 15) is 4.79 Å². The van der Waals surface area contributed by atoms with Gasteiger partial charge in [0.2, 0.25) is 0 Å². The van der Waals surface area contributed by atoms with E-state index >= 15 is 0 Å². The van der Waals surface area contributed by atoms with Crippen LogP contribution >= 0.6 is 0 Å². The molecule has 1 N–H and O–H groups in total.